The van der Waals surface area contributed by atoms with E-state index in [2.05, 4.69) is 46.4 Å². The number of allylic oxidation sites excluding steroid dienone is 2. The van der Waals surface area contributed by atoms with Crippen LogP contribution >= 0.6 is 11.8 Å². The lowest BCUT2D eigenvalue weighted by atomic mass is 9.83. The normalized spacial score (nSPS) is 15.5. The summed E-state index contributed by atoms with van der Waals surface area (Å²) in [6.07, 6.45) is 1.75. The largest absolute Gasteiger partial charge is 0.347 e. The molecule has 33 heavy (non-hydrogen) atoms. The Morgan fingerprint density at radius 2 is 1.88 bits per heavy atom. The van der Waals surface area contributed by atoms with E-state index in [1.807, 2.05) is 54.9 Å². The van der Waals surface area contributed by atoms with Gasteiger partial charge in [0.05, 0.1) is 11.4 Å². The van der Waals surface area contributed by atoms with Gasteiger partial charge in [0, 0.05) is 42.5 Å². The number of benzene rings is 2. The molecule has 0 saturated carbocycles. The molecule has 8 heteroatoms. The fourth-order valence-electron chi connectivity index (χ4n) is 4.25. The van der Waals surface area contributed by atoms with Crippen LogP contribution < -0.4 is 10.2 Å². The number of ketones is 1. The number of hydrogen-bond acceptors (Lipinski definition) is 6. The lowest BCUT2D eigenvalue weighted by Crippen LogP contribution is -2.24. The number of nitrogens with zero attached hydrogens (tertiary/aromatic N) is 4. The van der Waals surface area contributed by atoms with Crippen molar-refractivity contribution in [1.29, 1.82) is 0 Å². The summed E-state index contributed by atoms with van der Waals surface area (Å²) in [5.74, 6) is 0.827. The predicted molar refractivity (Wildman–Crippen MR) is 132 cm³/mol. The number of nitrogens with one attached hydrogen (secondary N) is 1. The van der Waals surface area contributed by atoms with Crippen molar-refractivity contribution in [2.45, 2.75) is 38.3 Å². The van der Waals surface area contributed by atoms with Gasteiger partial charge in [-0.3, -0.25) is 14.2 Å². The van der Waals surface area contributed by atoms with Crippen molar-refractivity contribution in [3.63, 3.8) is 0 Å². The van der Waals surface area contributed by atoms with E-state index < -0.39 is 0 Å². The molecule has 0 spiro atoms. The summed E-state index contributed by atoms with van der Waals surface area (Å²) < 4.78 is 1.89. The molecule has 1 aliphatic heterocycles. The molecule has 1 N–H and O–H groups in total. The fourth-order valence-corrected chi connectivity index (χ4v) is 5.07. The monoisotopic (exact) mass is 461 g/mol. The van der Waals surface area contributed by atoms with Crippen LogP contribution in [0.5, 0.6) is 0 Å². The zero-order valence-electron chi connectivity index (χ0n) is 19.4. The van der Waals surface area contributed by atoms with Gasteiger partial charge in [0.25, 0.3) is 0 Å². The molecule has 0 saturated heterocycles. The molecular formula is C25H27N5O2S. The lowest BCUT2D eigenvalue weighted by molar-refractivity contribution is -0.114. The second kappa shape index (κ2) is 8.86. The number of para-hydroxylation sites is 1. The van der Waals surface area contributed by atoms with Crippen molar-refractivity contribution < 1.29 is 9.59 Å². The molecule has 170 valence electrons. The number of amides is 1. The van der Waals surface area contributed by atoms with E-state index in [0.29, 0.717) is 16.7 Å². The van der Waals surface area contributed by atoms with Gasteiger partial charge in [0.2, 0.25) is 5.91 Å². The minimum Gasteiger partial charge on any atom is -0.347 e. The lowest BCUT2D eigenvalue weighted by Gasteiger charge is -2.23. The molecule has 0 aliphatic carbocycles. The van der Waals surface area contributed by atoms with Crippen LogP contribution in [-0.2, 0) is 15.0 Å². The third kappa shape index (κ3) is 4.43. The minimum absolute atomic E-state index is 0.0157. The molecule has 1 aromatic heterocycles. The molecule has 2 heterocycles. The zero-order valence-corrected chi connectivity index (χ0v) is 20.2. The number of rotatable bonds is 6. The van der Waals surface area contributed by atoms with Gasteiger partial charge in [-0.25, -0.2) is 0 Å². The van der Waals surface area contributed by atoms with Crippen LogP contribution in [0.25, 0.3) is 5.69 Å². The topological polar surface area (TPSA) is 80.1 Å². The van der Waals surface area contributed by atoms with E-state index in [1.54, 1.807) is 6.08 Å². The minimum atomic E-state index is -0.244. The Bertz CT molecular complexity index is 1260. The number of fused-ring (bicyclic) bond motifs is 1. The maximum Gasteiger partial charge on any atom is 0.221 e. The van der Waals surface area contributed by atoms with Crippen molar-refractivity contribution in [1.82, 2.24) is 14.8 Å². The SMILES string of the molecule is CC(=O)Nc1cccc(-n2c(C)nnc2SCC(=O)/C=C2\N(C)c3ccccc3C2(C)C)c1. The Hall–Kier alpha value is -3.39. The number of aryl methyl sites for hydroxylation is 1. The van der Waals surface area contributed by atoms with E-state index in [1.165, 1.54) is 24.2 Å². The van der Waals surface area contributed by atoms with Gasteiger partial charge in [-0.05, 0) is 36.8 Å². The smallest absolute Gasteiger partial charge is 0.221 e. The highest BCUT2D eigenvalue weighted by Crippen LogP contribution is 2.46. The number of anilines is 2. The van der Waals surface area contributed by atoms with Crippen LogP contribution in [0.2, 0.25) is 0 Å². The number of aromatic nitrogens is 3. The molecule has 4 rings (SSSR count). The molecular weight excluding hydrogens is 434 g/mol. The summed E-state index contributed by atoms with van der Waals surface area (Å²) in [6.45, 7) is 7.62. The molecule has 0 bridgehead atoms. The highest BCUT2D eigenvalue weighted by Gasteiger charge is 2.38. The molecule has 0 radical (unpaired) electrons. The summed E-state index contributed by atoms with van der Waals surface area (Å²) in [5, 5.41) is 11.9. The summed E-state index contributed by atoms with van der Waals surface area (Å²) in [5.41, 5.74) is 4.60. The number of likely N-dealkylation sites (N-methyl/N-ethyl adjacent to an activating group) is 1. The molecule has 0 unspecified atom stereocenters. The second-order valence-electron chi connectivity index (χ2n) is 8.58. The Kier molecular flexibility index (Phi) is 6.12. The number of thioether (sulfide) groups is 1. The van der Waals surface area contributed by atoms with Crippen LogP contribution in [0.3, 0.4) is 0 Å². The summed E-state index contributed by atoms with van der Waals surface area (Å²) in [7, 11) is 2.00. The first-order valence-corrected chi connectivity index (χ1v) is 11.7. The molecule has 1 amide bonds. The molecule has 3 aromatic rings. The first-order chi connectivity index (χ1) is 15.7. The van der Waals surface area contributed by atoms with Crippen molar-refractivity contribution in [3.05, 3.63) is 71.7 Å². The molecule has 7 nitrogen and oxygen atoms in total. The Morgan fingerprint density at radius 1 is 1.12 bits per heavy atom. The highest BCUT2D eigenvalue weighted by atomic mass is 32.2. The highest BCUT2D eigenvalue weighted by molar-refractivity contribution is 7.99. The van der Waals surface area contributed by atoms with Gasteiger partial charge in [-0.15, -0.1) is 10.2 Å². The van der Waals surface area contributed by atoms with E-state index in [0.717, 1.165) is 17.1 Å². The zero-order chi connectivity index (χ0) is 23.8. The summed E-state index contributed by atoms with van der Waals surface area (Å²) >= 11 is 1.35. The molecule has 1 aliphatic rings. The van der Waals surface area contributed by atoms with Gasteiger partial charge >= 0.3 is 0 Å². The van der Waals surface area contributed by atoms with Crippen molar-refractivity contribution in [2.75, 3.05) is 23.0 Å². The summed E-state index contributed by atoms with van der Waals surface area (Å²) in [6, 6.07) is 15.7. The number of hydrogen-bond donors (Lipinski definition) is 1. The predicted octanol–water partition coefficient (Wildman–Crippen LogP) is 4.51. The second-order valence-corrected chi connectivity index (χ2v) is 9.52. The number of carbonyl (C=O) groups is 2. The van der Waals surface area contributed by atoms with Gasteiger partial charge in [-0.2, -0.15) is 0 Å². The van der Waals surface area contributed by atoms with Crippen LogP contribution in [0.15, 0.2) is 65.5 Å². The number of carbonyl (C=O) groups excluding carboxylic acids is 2. The van der Waals surface area contributed by atoms with E-state index >= 15 is 0 Å². The fraction of sp³-hybridized carbons (Fsp3) is 0.280. The van der Waals surface area contributed by atoms with Crippen LogP contribution in [0, 0.1) is 6.92 Å². The van der Waals surface area contributed by atoms with Crippen LogP contribution in [0.1, 0.15) is 32.2 Å². The van der Waals surface area contributed by atoms with E-state index in [9.17, 15) is 9.59 Å². The van der Waals surface area contributed by atoms with Gasteiger partial charge < -0.3 is 10.2 Å². The van der Waals surface area contributed by atoms with Gasteiger partial charge in [0.15, 0.2) is 10.9 Å². The molecule has 0 atom stereocenters. The third-order valence-corrected chi connectivity index (χ3v) is 6.75. The first-order valence-electron chi connectivity index (χ1n) is 10.7. The van der Waals surface area contributed by atoms with Crippen molar-refractivity contribution in [2.24, 2.45) is 0 Å². The van der Waals surface area contributed by atoms with Crippen molar-refractivity contribution in [3.8, 4) is 5.69 Å². The summed E-state index contributed by atoms with van der Waals surface area (Å²) in [4.78, 5) is 26.5. The van der Waals surface area contributed by atoms with E-state index in [-0.39, 0.29) is 22.9 Å². The third-order valence-electron chi connectivity index (χ3n) is 5.80. The van der Waals surface area contributed by atoms with E-state index in [4.69, 9.17) is 0 Å². The maximum atomic E-state index is 13.0. The average molecular weight is 462 g/mol. The standard InChI is InChI=1S/C25H27N5O2S/c1-16-27-28-24(30(16)19-10-8-9-18(13-19)26-17(2)31)33-15-20(32)14-23-25(3,4)21-11-6-7-12-22(21)29(23)5/h6-14H,15H2,1-5H3,(H,26,31)/b23-14-. The Labute approximate surface area is 197 Å². The molecule has 2 aromatic carbocycles. The maximum absolute atomic E-state index is 13.0. The average Bonchev–Trinajstić information content (AvgIpc) is 3.23. The van der Waals surface area contributed by atoms with Gasteiger partial charge in [0.1, 0.15) is 5.82 Å². The Morgan fingerprint density at radius 3 is 2.61 bits per heavy atom. The quantitative estimate of drug-likeness (QED) is 0.430. The van der Waals surface area contributed by atoms with Crippen LogP contribution in [-0.4, -0.2) is 39.3 Å². The van der Waals surface area contributed by atoms with Gasteiger partial charge in [-0.1, -0.05) is 49.9 Å². The Balaban J connectivity index is 1.54. The molecule has 0 fully saturated rings. The van der Waals surface area contributed by atoms with Crippen molar-refractivity contribution >= 4 is 34.8 Å². The van der Waals surface area contributed by atoms with Crippen LogP contribution in [0.4, 0.5) is 11.4 Å². The first kappa shape index (κ1) is 22.8.